The van der Waals surface area contributed by atoms with Gasteiger partial charge in [0, 0.05) is 23.5 Å². The van der Waals surface area contributed by atoms with Gasteiger partial charge >= 0.3 is 0 Å². The number of hydrogen-bond acceptors (Lipinski definition) is 8. The summed E-state index contributed by atoms with van der Waals surface area (Å²) in [5.41, 5.74) is 4.65. The molecular weight excluding hydrogens is 424 g/mol. The Kier molecular flexibility index (Phi) is 5.36. The first-order chi connectivity index (χ1) is 15.7. The minimum absolute atomic E-state index is 0.263. The lowest BCUT2D eigenvalue weighted by atomic mass is 10.0. The topological polar surface area (TPSA) is 93.0 Å². The third kappa shape index (κ3) is 3.52. The van der Waals surface area contributed by atoms with Crippen molar-refractivity contribution < 1.29 is 4.74 Å². The van der Waals surface area contributed by atoms with E-state index in [0.29, 0.717) is 0 Å². The number of nitroso groups, excluding NO2 is 2. The van der Waals surface area contributed by atoms with Gasteiger partial charge in [-0.05, 0) is 59.9 Å². The van der Waals surface area contributed by atoms with Crippen molar-refractivity contribution in [3.63, 3.8) is 0 Å². The molecule has 0 aliphatic heterocycles. The van der Waals surface area contributed by atoms with Crippen LogP contribution in [0, 0.1) is 9.81 Å². The van der Waals surface area contributed by atoms with Gasteiger partial charge in [0.25, 0.3) is 0 Å². The van der Waals surface area contributed by atoms with Crippen LogP contribution in [0.3, 0.4) is 0 Å². The quantitative estimate of drug-likeness (QED) is 0.322. The van der Waals surface area contributed by atoms with Crippen LogP contribution in [-0.4, -0.2) is 12.1 Å². The maximum absolute atomic E-state index is 12.0. The Bertz CT molecular complexity index is 1300. The number of hydrogen-bond donors (Lipinski definition) is 1. The molecule has 2 aromatic carbocycles. The predicted molar refractivity (Wildman–Crippen MR) is 127 cm³/mol. The van der Waals surface area contributed by atoms with Crippen LogP contribution in [0.15, 0.2) is 71.3 Å². The lowest BCUT2D eigenvalue weighted by molar-refractivity contribution is 0.414. The number of nitrogens with one attached hydrogen (secondary N) is 1. The van der Waals surface area contributed by atoms with Gasteiger partial charge in [-0.1, -0.05) is 28.6 Å². The van der Waals surface area contributed by atoms with Crippen molar-refractivity contribution in [1.29, 1.82) is 0 Å². The number of fused-ring (bicyclic) bond motifs is 2. The Morgan fingerprint density at radius 2 is 2.00 bits per heavy atom. The number of aryl methyl sites for hydroxylation is 1. The van der Waals surface area contributed by atoms with Gasteiger partial charge in [0.1, 0.15) is 11.8 Å². The zero-order valence-electron chi connectivity index (χ0n) is 17.3. The number of ether oxygens (including phenoxy) is 1. The molecule has 2 unspecified atom stereocenters. The molecule has 2 aromatic heterocycles. The van der Waals surface area contributed by atoms with Crippen molar-refractivity contribution in [2.75, 3.05) is 12.4 Å². The van der Waals surface area contributed by atoms with Crippen LogP contribution in [0.25, 0.3) is 10.1 Å². The highest BCUT2D eigenvalue weighted by Gasteiger charge is 2.26. The predicted octanol–water partition coefficient (Wildman–Crippen LogP) is 6.66. The number of benzene rings is 2. The molecule has 0 saturated carbocycles. The van der Waals surface area contributed by atoms with Gasteiger partial charge < -0.3 is 10.1 Å². The maximum atomic E-state index is 12.0. The fourth-order valence-corrected chi connectivity index (χ4v) is 5.45. The van der Waals surface area contributed by atoms with Gasteiger partial charge in [0.05, 0.1) is 22.4 Å². The molecule has 7 nitrogen and oxygen atoms in total. The van der Waals surface area contributed by atoms with Crippen molar-refractivity contribution in [3.8, 4) is 5.75 Å². The molecule has 1 aliphatic carbocycles. The molecule has 0 fully saturated rings. The molecular formula is C24H20N4O3S. The molecule has 5 rings (SSSR count). The third-order valence-corrected chi connectivity index (χ3v) is 7.08. The minimum atomic E-state index is -0.668. The molecule has 1 aliphatic rings. The molecule has 0 amide bonds. The van der Waals surface area contributed by atoms with Gasteiger partial charge in [0.15, 0.2) is 6.04 Å². The number of pyridine rings is 1. The van der Waals surface area contributed by atoms with E-state index in [0.717, 1.165) is 61.6 Å². The molecule has 0 radical (unpaired) electrons. The summed E-state index contributed by atoms with van der Waals surface area (Å²) in [4.78, 5) is 28.1. The maximum Gasteiger partial charge on any atom is 0.153 e. The molecule has 0 bridgehead atoms. The molecule has 160 valence electrons. The number of thiophene rings is 1. The Morgan fingerprint density at radius 3 is 2.75 bits per heavy atom. The lowest BCUT2D eigenvalue weighted by Crippen LogP contribution is -2.00. The number of anilines is 2. The van der Waals surface area contributed by atoms with Crippen molar-refractivity contribution in [3.05, 3.63) is 92.3 Å². The molecule has 1 N–H and O–H groups in total. The van der Waals surface area contributed by atoms with Crippen LogP contribution < -0.4 is 10.1 Å². The van der Waals surface area contributed by atoms with Gasteiger partial charge in [-0.25, -0.2) is 0 Å². The molecule has 2 atom stereocenters. The number of methoxy groups -OCH3 is 1. The summed E-state index contributed by atoms with van der Waals surface area (Å²) in [5, 5.41) is 11.2. The minimum Gasteiger partial charge on any atom is -0.497 e. The summed E-state index contributed by atoms with van der Waals surface area (Å²) >= 11 is 1.50. The van der Waals surface area contributed by atoms with Crippen LogP contribution in [0.5, 0.6) is 5.75 Å². The van der Waals surface area contributed by atoms with Crippen LogP contribution in [-0.2, 0) is 6.42 Å². The van der Waals surface area contributed by atoms with Crippen LogP contribution in [0.2, 0.25) is 0 Å². The summed E-state index contributed by atoms with van der Waals surface area (Å²) < 4.78 is 6.21. The second kappa shape index (κ2) is 8.47. The van der Waals surface area contributed by atoms with Crippen molar-refractivity contribution in [2.45, 2.75) is 24.9 Å². The van der Waals surface area contributed by atoms with E-state index >= 15 is 0 Å². The molecule has 0 saturated heterocycles. The summed E-state index contributed by atoms with van der Waals surface area (Å²) in [5.74, 6) is 0.721. The number of aromatic nitrogens is 1. The van der Waals surface area contributed by atoms with E-state index in [1.807, 2.05) is 42.5 Å². The first-order valence-corrected chi connectivity index (χ1v) is 11.1. The van der Waals surface area contributed by atoms with E-state index in [1.165, 1.54) is 11.3 Å². The second-order valence-corrected chi connectivity index (χ2v) is 8.78. The fraction of sp³-hybridized carbons (Fsp3) is 0.208. The standard InChI is InChI=1S/C24H20N4O3S/c1-31-17-6-2-14(3-7-17)22(28-30)24-23(19-10-11-25-13-21(19)32-24)26-16-5-8-18-15(12-16)4-9-20(18)27-29/h2-3,5-8,10-13,20,22,26H,4,9H2,1H3. The smallest absolute Gasteiger partial charge is 0.153 e. The fourth-order valence-electron chi connectivity index (χ4n) is 4.26. The average molecular weight is 445 g/mol. The SMILES string of the molecule is COc1ccc(C(N=O)c2sc3cnccc3c2Nc2ccc3c(c2)CCC3N=O)cc1. The van der Waals surface area contributed by atoms with E-state index < -0.39 is 6.04 Å². The second-order valence-electron chi connectivity index (χ2n) is 7.69. The van der Waals surface area contributed by atoms with E-state index in [-0.39, 0.29) is 6.04 Å². The summed E-state index contributed by atoms with van der Waals surface area (Å²) in [6.07, 6.45) is 5.11. The number of rotatable bonds is 7. The van der Waals surface area contributed by atoms with E-state index in [2.05, 4.69) is 26.7 Å². The Morgan fingerprint density at radius 1 is 1.16 bits per heavy atom. The highest BCUT2D eigenvalue weighted by Crippen LogP contribution is 2.45. The molecule has 0 spiro atoms. The molecule has 4 aromatic rings. The van der Waals surface area contributed by atoms with Gasteiger partial charge in [-0.3, -0.25) is 4.98 Å². The lowest BCUT2D eigenvalue weighted by Gasteiger charge is -2.14. The highest BCUT2D eigenvalue weighted by atomic mass is 32.1. The summed E-state index contributed by atoms with van der Waals surface area (Å²) in [6, 6.07) is 14.4. The number of nitrogens with zero attached hydrogens (tertiary/aromatic N) is 3. The monoisotopic (exact) mass is 444 g/mol. The first-order valence-electron chi connectivity index (χ1n) is 10.3. The van der Waals surface area contributed by atoms with Crippen LogP contribution in [0.4, 0.5) is 11.4 Å². The van der Waals surface area contributed by atoms with Crippen LogP contribution >= 0.6 is 11.3 Å². The van der Waals surface area contributed by atoms with Crippen molar-refractivity contribution in [2.24, 2.45) is 10.4 Å². The molecule has 8 heteroatoms. The van der Waals surface area contributed by atoms with E-state index in [9.17, 15) is 9.81 Å². The zero-order valence-corrected chi connectivity index (χ0v) is 18.1. The summed E-state index contributed by atoms with van der Waals surface area (Å²) in [6.45, 7) is 0. The Labute approximate surface area is 188 Å². The summed E-state index contributed by atoms with van der Waals surface area (Å²) in [7, 11) is 1.61. The Hall–Kier alpha value is -3.65. The van der Waals surface area contributed by atoms with E-state index in [4.69, 9.17) is 4.74 Å². The largest absolute Gasteiger partial charge is 0.497 e. The van der Waals surface area contributed by atoms with Crippen molar-refractivity contribution >= 4 is 32.8 Å². The van der Waals surface area contributed by atoms with E-state index in [1.54, 1.807) is 19.5 Å². The zero-order chi connectivity index (χ0) is 22.1. The Balaban J connectivity index is 1.57. The van der Waals surface area contributed by atoms with Gasteiger partial charge in [0.2, 0.25) is 0 Å². The van der Waals surface area contributed by atoms with Crippen LogP contribution in [0.1, 0.15) is 40.1 Å². The van der Waals surface area contributed by atoms with Gasteiger partial charge in [-0.2, -0.15) is 4.91 Å². The normalized spacial score (nSPS) is 15.8. The third-order valence-electron chi connectivity index (χ3n) is 5.89. The van der Waals surface area contributed by atoms with Crippen molar-refractivity contribution in [1.82, 2.24) is 4.98 Å². The van der Waals surface area contributed by atoms with Gasteiger partial charge in [-0.15, -0.1) is 16.2 Å². The average Bonchev–Trinajstić information content (AvgIpc) is 3.41. The highest BCUT2D eigenvalue weighted by molar-refractivity contribution is 7.19. The molecule has 32 heavy (non-hydrogen) atoms. The molecule has 2 heterocycles. The first kappa shape index (κ1) is 20.3.